The Hall–Kier alpha value is -7.63. The molecule has 0 fully saturated rings. The van der Waals surface area contributed by atoms with Gasteiger partial charge < -0.3 is 9.32 Å². The van der Waals surface area contributed by atoms with Crippen LogP contribution in [0.25, 0.3) is 88.2 Å². The minimum Gasteiger partial charge on any atom is -0.436 e. The van der Waals surface area contributed by atoms with Crippen LogP contribution in [0.5, 0.6) is 0 Å². The van der Waals surface area contributed by atoms with E-state index in [0.29, 0.717) is 5.89 Å². The number of hydrogen-bond donors (Lipinski definition) is 0. The quantitative estimate of drug-likeness (QED) is 0.160. The summed E-state index contributed by atoms with van der Waals surface area (Å²) in [5, 5.41) is 8.22. The molecule has 262 valence electrons. The number of rotatable bonds is 6. The molecular formula is C51H32N4O. The molecule has 0 aliphatic rings. The molecule has 3 heterocycles. The first-order valence-corrected chi connectivity index (χ1v) is 18.7. The van der Waals surface area contributed by atoms with Crippen LogP contribution < -0.4 is 4.90 Å². The molecule has 0 aliphatic heterocycles. The van der Waals surface area contributed by atoms with Crippen molar-refractivity contribution in [3.63, 3.8) is 0 Å². The summed E-state index contributed by atoms with van der Waals surface area (Å²) in [7, 11) is 0. The predicted octanol–water partition coefficient (Wildman–Crippen LogP) is 13.7. The van der Waals surface area contributed by atoms with Gasteiger partial charge in [0.1, 0.15) is 5.52 Å². The third-order valence-corrected chi connectivity index (χ3v) is 10.7. The van der Waals surface area contributed by atoms with Gasteiger partial charge in [0.2, 0.25) is 5.89 Å². The first kappa shape index (κ1) is 31.9. The number of fused-ring (bicyclic) bond motifs is 6. The fourth-order valence-corrected chi connectivity index (χ4v) is 7.83. The Bertz CT molecular complexity index is 3230. The first-order valence-electron chi connectivity index (χ1n) is 18.7. The molecule has 3 aromatic heterocycles. The number of para-hydroxylation sites is 3. The highest BCUT2D eigenvalue weighted by atomic mass is 16.3. The van der Waals surface area contributed by atoms with Crippen molar-refractivity contribution in [3.8, 4) is 33.8 Å². The van der Waals surface area contributed by atoms with E-state index in [2.05, 4.69) is 144 Å². The first-order chi connectivity index (χ1) is 27.7. The van der Waals surface area contributed by atoms with Gasteiger partial charge in [-0.1, -0.05) is 97.1 Å². The van der Waals surface area contributed by atoms with E-state index in [0.717, 1.165) is 72.4 Å². The van der Waals surface area contributed by atoms with Crippen LogP contribution in [-0.4, -0.2) is 15.0 Å². The number of aromatic nitrogens is 3. The normalized spacial score (nSPS) is 11.6. The van der Waals surface area contributed by atoms with Gasteiger partial charge in [-0.3, -0.25) is 9.97 Å². The lowest BCUT2D eigenvalue weighted by molar-refractivity contribution is 0.620. The number of benzene rings is 8. The summed E-state index contributed by atoms with van der Waals surface area (Å²) in [6.45, 7) is 0. The van der Waals surface area contributed by atoms with Gasteiger partial charge in [0.15, 0.2) is 5.58 Å². The molecule has 0 radical (unpaired) electrons. The fraction of sp³-hybridized carbons (Fsp3) is 0. The van der Waals surface area contributed by atoms with Crippen molar-refractivity contribution in [2.45, 2.75) is 0 Å². The van der Waals surface area contributed by atoms with Crippen molar-refractivity contribution in [1.29, 1.82) is 0 Å². The standard InChI is InChI=1S/C51H32N4O/c1-2-9-40-31-53-49(30-35(40)7-1)39-19-25-45-36(27-39)13-14-37-29-44(24-26-46(37)45)55(43-22-17-34(18-23-43)51-54-48-11-5-6-12-50(48)56-51)42-20-15-33(16-21-42)41-28-38-8-3-4-10-47(38)52-32-41/h1-32H. The fourth-order valence-electron chi connectivity index (χ4n) is 7.83. The largest absolute Gasteiger partial charge is 0.436 e. The molecular weight excluding hydrogens is 685 g/mol. The van der Waals surface area contributed by atoms with Gasteiger partial charge in [-0.05, 0) is 117 Å². The molecule has 0 saturated heterocycles. The van der Waals surface area contributed by atoms with Gasteiger partial charge in [-0.2, -0.15) is 0 Å². The summed E-state index contributed by atoms with van der Waals surface area (Å²) in [6.07, 6.45) is 3.91. The molecule has 11 aromatic rings. The van der Waals surface area contributed by atoms with Gasteiger partial charge in [-0.25, -0.2) is 4.98 Å². The van der Waals surface area contributed by atoms with E-state index in [9.17, 15) is 0 Å². The molecule has 8 aromatic carbocycles. The van der Waals surface area contributed by atoms with Crippen LogP contribution in [0.4, 0.5) is 17.1 Å². The topological polar surface area (TPSA) is 55.1 Å². The molecule has 5 nitrogen and oxygen atoms in total. The number of anilines is 3. The zero-order valence-corrected chi connectivity index (χ0v) is 30.2. The van der Waals surface area contributed by atoms with Crippen molar-refractivity contribution < 1.29 is 4.42 Å². The molecule has 0 N–H and O–H groups in total. The monoisotopic (exact) mass is 716 g/mol. The highest BCUT2D eigenvalue weighted by molar-refractivity contribution is 6.09. The molecule has 5 heteroatoms. The van der Waals surface area contributed by atoms with Crippen LogP contribution in [0.1, 0.15) is 0 Å². The van der Waals surface area contributed by atoms with E-state index in [1.807, 2.05) is 54.9 Å². The van der Waals surface area contributed by atoms with E-state index in [4.69, 9.17) is 19.4 Å². The molecule has 0 spiro atoms. The third-order valence-electron chi connectivity index (χ3n) is 10.7. The van der Waals surface area contributed by atoms with Crippen molar-refractivity contribution in [3.05, 3.63) is 194 Å². The van der Waals surface area contributed by atoms with Crippen molar-refractivity contribution in [1.82, 2.24) is 15.0 Å². The van der Waals surface area contributed by atoms with E-state index in [-0.39, 0.29) is 0 Å². The maximum atomic E-state index is 6.11. The Kier molecular flexibility index (Phi) is 7.42. The molecule has 0 saturated carbocycles. The van der Waals surface area contributed by atoms with E-state index >= 15 is 0 Å². The lowest BCUT2D eigenvalue weighted by Gasteiger charge is -2.26. The molecule has 0 amide bonds. The summed E-state index contributed by atoms with van der Waals surface area (Å²) < 4.78 is 6.11. The smallest absolute Gasteiger partial charge is 0.227 e. The average Bonchev–Trinajstić information content (AvgIpc) is 3.71. The summed E-state index contributed by atoms with van der Waals surface area (Å²) in [4.78, 5) is 16.5. The summed E-state index contributed by atoms with van der Waals surface area (Å²) in [5.74, 6) is 0.606. The maximum Gasteiger partial charge on any atom is 0.227 e. The lowest BCUT2D eigenvalue weighted by Crippen LogP contribution is -2.09. The Morgan fingerprint density at radius 1 is 0.375 bits per heavy atom. The highest BCUT2D eigenvalue weighted by Gasteiger charge is 2.16. The van der Waals surface area contributed by atoms with Crippen LogP contribution in [0.15, 0.2) is 199 Å². The second-order valence-corrected chi connectivity index (χ2v) is 14.2. The number of nitrogens with zero attached hydrogens (tertiary/aromatic N) is 4. The second kappa shape index (κ2) is 13.0. The van der Waals surface area contributed by atoms with Crippen LogP contribution in [0, 0.1) is 0 Å². The minimum atomic E-state index is 0.606. The lowest BCUT2D eigenvalue weighted by atomic mass is 9.98. The number of pyridine rings is 2. The van der Waals surface area contributed by atoms with Crippen LogP contribution in [-0.2, 0) is 0 Å². The summed E-state index contributed by atoms with van der Waals surface area (Å²) in [6, 6.07) is 63.8. The van der Waals surface area contributed by atoms with Gasteiger partial charge in [0.25, 0.3) is 0 Å². The Morgan fingerprint density at radius 3 is 1.77 bits per heavy atom. The van der Waals surface area contributed by atoms with Crippen LogP contribution in [0.3, 0.4) is 0 Å². The van der Waals surface area contributed by atoms with Crippen molar-refractivity contribution in [2.75, 3.05) is 4.90 Å². The zero-order valence-electron chi connectivity index (χ0n) is 30.2. The Labute approximate surface area is 322 Å². The zero-order chi connectivity index (χ0) is 37.0. The van der Waals surface area contributed by atoms with Crippen molar-refractivity contribution in [2.24, 2.45) is 0 Å². The number of hydrogen-bond acceptors (Lipinski definition) is 5. The predicted molar refractivity (Wildman–Crippen MR) is 231 cm³/mol. The molecule has 0 unspecified atom stereocenters. The van der Waals surface area contributed by atoms with Crippen LogP contribution in [0.2, 0.25) is 0 Å². The second-order valence-electron chi connectivity index (χ2n) is 14.2. The Balaban J connectivity index is 0.983. The van der Waals surface area contributed by atoms with E-state index < -0.39 is 0 Å². The van der Waals surface area contributed by atoms with E-state index in [1.54, 1.807) is 0 Å². The maximum absolute atomic E-state index is 6.11. The van der Waals surface area contributed by atoms with Gasteiger partial charge in [0, 0.05) is 56.9 Å². The van der Waals surface area contributed by atoms with Gasteiger partial charge in [-0.15, -0.1) is 0 Å². The molecule has 0 atom stereocenters. The molecule has 0 bridgehead atoms. The molecule has 11 rings (SSSR count). The van der Waals surface area contributed by atoms with Crippen molar-refractivity contribution >= 4 is 71.4 Å². The highest BCUT2D eigenvalue weighted by Crippen LogP contribution is 2.40. The van der Waals surface area contributed by atoms with Gasteiger partial charge in [0.05, 0.1) is 11.2 Å². The van der Waals surface area contributed by atoms with Crippen LogP contribution >= 0.6 is 0 Å². The summed E-state index contributed by atoms with van der Waals surface area (Å²) >= 11 is 0. The summed E-state index contributed by atoms with van der Waals surface area (Å²) in [5.41, 5.74) is 10.9. The molecule has 56 heavy (non-hydrogen) atoms. The van der Waals surface area contributed by atoms with E-state index in [1.165, 1.54) is 26.9 Å². The average molecular weight is 717 g/mol. The molecule has 0 aliphatic carbocycles. The third kappa shape index (κ3) is 5.62. The Morgan fingerprint density at radius 2 is 0.982 bits per heavy atom. The minimum absolute atomic E-state index is 0.606. The SMILES string of the molecule is c1ccc2cc(-c3ccc4c(ccc5cc(N(c6ccc(-c7cnc8ccccc8c7)cc6)c6ccc(-c7nc8ccccc8o7)cc6)ccc54)c3)ncc2c1. The van der Waals surface area contributed by atoms with Gasteiger partial charge >= 0.3 is 0 Å². The number of oxazole rings is 1.